The monoisotopic (exact) mass is 396 g/mol. The average Bonchev–Trinajstić information content (AvgIpc) is 3.04. The molecule has 1 heteroatoms. The zero-order chi connectivity index (χ0) is 21.2. The zero-order valence-corrected chi connectivity index (χ0v) is 19.6. The first-order valence-corrected chi connectivity index (χ1v) is 12.2. The van der Waals surface area contributed by atoms with Crippen molar-refractivity contribution in [3.05, 3.63) is 47.6 Å². The number of aliphatic hydroxyl groups excluding tert-OH is 1. The molecule has 0 amide bonds. The van der Waals surface area contributed by atoms with Crippen molar-refractivity contribution in [2.24, 2.45) is 35.0 Å². The summed E-state index contributed by atoms with van der Waals surface area (Å²) in [7, 11) is 0. The Labute approximate surface area is 180 Å². The van der Waals surface area contributed by atoms with Gasteiger partial charge in [-0.3, -0.25) is 0 Å². The molecule has 1 nitrogen and oxygen atoms in total. The van der Waals surface area contributed by atoms with Crippen LogP contribution >= 0.6 is 0 Å². The minimum atomic E-state index is -0.182. The molecule has 0 aromatic rings. The van der Waals surface area contributed by atoms with Crippen molar-refractivity contribution in [1.82, 2.24) is 0 Å². The Bertz CT molecular complexity index is 678. The lowest BCUT2D eigenvalue weighted by molar-refractivity contribution is 0.112. The molecule has 3 saturated carbocycles. The van der Waals surface area contributed by atoms with Crippen LogP contribution in [0.2, 0.25) is 0 Å². The summed E-state index contributed by atoms with van der Waals surface area (Å²) in [6, 6.07) is 0. The molecule has 3 aliphatic carbocycles. The van der Waals surface area contributed by atoms with Crippen LogP contribution in [-0.4, -0.2) is 11.2 Å². The highest BCUT2D eigenvalue weighted by molar-refractivity contribution is 5.36. The molecule has 0 aliphatic heterocycles. The summed E-state index contributed by atoms with van der Waals surface area (Å²) in [4.78, 5) is 0. The minimum absolute atomic E-state index is 0.182. The molecule has 29 heavy (non-hydrogen) atoms. The van der Waals surface area contributed by atoms with Gasteiger partial charge in [0.25, 0.3) is 0 Å². The molecular weight excluding hydrogens is 352 g/mol. The number of hydrogen-bond donors (Lipinski definition) is 1. The van der Waals surface area contributed by atoms with Gasteiger partial charge < -0.3 is 5.11 Å². The number of rotatable bonds is 5. The van der Waals surface area contributed by atoms with Crippen molar-refractivity contribution in [3.63, 3.8) is 0 Å². The fourth-order valence-corrected chi connectivity index (χ4v) is 6.25. The molecular formula is C28H44O. The van der Waals surface area contributed by atoms with Gasteiger partial charge >= 0.3 is 0 Å². The lowest BCUT2D eigenvalue weighted by Gasteiger charge is -2.44. The molecule has 0 radical (unpaired) electrons. The largest absolute Gasteiger partial charge is 0.393 e. The molecule has 4 unspecified atom stereocenters. The van der Waals surface area contributed by atoms with Gasteiger partial charge in [-0.25, -0.2) is 0 Å². The Hall–Kier alpha value is -1.08. The van der Waals surface area contributed by atoms with Crippen LogP contribution in [0.25, 0.3) is 0 Å². The lowest BCUT2D eigenvalue weighted by atomic mass is 9.61. The maximum absolute atomic E-state index is 10.0. The molecule has 3 aliphatic rings. The fraction of sp³-hybridized carbons (Fsp3) is 0.714. The van der Waals surface area contributed by atoms with Crippen molar-refractivity contribution in [2.75, 3.05) is 0 Å². The van der Waals surface area contributed by atoms with Gasteiger partial charge in [-0.2, -0.15) is 0 Å². The van der Waals surface area contributed by atoms with Crippen LogP contribution < -0.4 is 0 Å². The summed E-state index contributed by atoms with van der Waals surface area (Å²) in [5.41, 5.74) is 4.61. The number of aliphatic hydroxyl groups is 1. The summed E-state index contributed by atoms with van der Waals surface area (Å²) in [6.45, 7) is 16.3. The Morgan fingerprint density at radius 2 is 1.79 bits per heavy atom. The van der Waals surface area contributed by atoms with E-state index in [4.69, 9.17) is 0 Å². The van der Waals surface area contributed by atoms with Crippen LogP contribution in [0.4, 0.5) is 0 Å². The molecule has 0 saturated heterocycles. The average molecular weight is 397 g/mol. The number of allylic oxidation sites excluding steroid dienone is 6. The first-order valence-electron chi connectivity index (χ1n) is 12.2. The first-order chi connectivity index (χ1) is 13.7. The van der Waals surface area contributed by atoms with Gasteiger partial charge in [0.15, 0.2) is 0 Å². The van der Waals surface area contributed by atoms with Gasteiger partial charge in [-0.15, -0.1) is 0 Å². The van der Waals surface area contributed by atoms with Gasteiger partial charge in [0.2, 0.25) is 0 Å². The van der Waals surface area contributed by atoms with E-state index in [1.807, 2.05) is 0 Å². The quantitative estimate of drug-likeness (QED) is 0.473. The third kappa shape index (κ3) is 4.98. The summed E-state index contributed by atoms with van der Waals surface area (Å²) < 4.78 is 0. The van der Waals surface area contributed by atoms with E-state index in [9.17, 15) is 5.11 Å². The van der Waals surface area contributed by atoms with Gasteiger partial charge in [0, 0.05) is 0 Å². The predicted octanol–water partition coefficient (Wildman–Crippen LogP) is 7.64. The fourth-order valence-electron chi connectivity index (χ4n) is 6.25. The second kappa shape index (κ2) is 9.38. The standard InChI is InChI=1S/C28H44O/c1-19(2)20(3)9-10-22(5)26-15-16-27-23(8-7-17-28(26,27)6)12-13-24-18-25(29)14-11-21(24)4/h9-10,12-13,19-20,22,25-27,29H,4,7-8,11,14-18H2,1-3,5-6H3/b10-9+,23-12+,24-13-/t20?,22?,25?,26-,27?,28-/m1/s1. The molecule has 6 atom stereocenters. The zero-order valence-electron chi connectivity index (χ0n) is 19.6. The number of hydrogen-bond acceptors (Lipinski definition) is 1. The van der Waals surface area contributed by atoms with Crippen LogP contribution in [0.5, 0.6) is 0 Å². The van der Waals surface area contributed by atoms with E-state index in [-0.39, 0.29) is 6.10 Å². The Kier molecular flexibility index (Phi) is 7.31. The summed E-state index contributed by atoms with van der Waals surface area (Å²) in [5, 5.41) is 10.0. The van der Waals surface area contributed by atoms with E-state index in [1.165, 1.54) is 43.3 Å². The van der Waals surface area contributed by atoms with E-state index < -0.39 is 0 Å². The Morgan fingerprint density at radius 3 is 2.52 bits per heavy atom. The molecule has 162 valence electrons. The van der Waals surface area contributed by atoms with Gasteiger partial charge in [-0.05, 0) is 91.9 Å². The van der Waals surface area contributed by atoms with Crippen LogP contribution in [0, 0.1) is 35.0 Å². The molecule has 3 fully saturated rings. The summed E-state index contributed by atoms with van der Waals surface area (Å²) in [5.74, 6) is 3.58. The van der Waals surface area contributed by atoms with Crippen molar-refractivity contribution in [1.29, 1.82) is 0 Å². The van der Waals surface area contributed by atoms with Crippen LogP contribution in [0.1, 0.15) is 86.0 Å². The highest BCUT2D eigenvalue weighted by atomic mass is 16.3. The maximum atomic E-state index is 10.0. The summed E-state index contributed by atoms with van der Waals surface area (Å²) in [6.07, 6.45) is 18.8. The van der Waals surface area contributed by atoms with Crippen LogP contribution in [0.15, 0.2) is 47.6 Å². The van der Waals surface area contributed by atoms with E-state index in [0.717, 1.165) is 37.0 Å². The molecule has 1 N–H and O–H groups in total. The SMILES string of the molecule is C=C1CCC(O)C/C1=C/C=C1\CCC[C@@]2(C)C1CC[C@@H]2C(C)/C=C/C(C)C(C)C. The van der Waals surface area contributed by atoms with Crippen molar-refractivity contribution >= 4 is 0 Å². The number of fused-ring (bicyclic) bond motifs is 1. The summed E-state index contributed by atoms with van der Waals surface area (Å²) >= 11 is 0. The third-order valence-corrected chi connectivity index (χ3v) is 8.63. The lowest BCUT2D eigenvalue weighted by Crippen LogP contribution is -2.35. The van der Waals surface area contributed by atoms with Crippen molar-refractivity contribution < 1.29 is 5.11 Å². The predicted molar refractivity (Wildman–Crippen MR) is 126 cm³/mol. The van der Waals surface area contributed by atoms with E-state index in [1.54, 1.807) is 5.57 Å². The molecule has 0 bridgehead atoms. The second-order valence-electron chi connectivity index (χ2n) is 10.9. The smallest absolute Gasteiger partial charge is 0.0583 e. The topological polar surface area (TPSA) is 20.2 Å². The Balaban J connectivity index is 1.75. The van der Waals surface area contributed by atoms with Crippen LogP contribution in [0.3, 0.4) is 0 Å². The first kappa shape index (κ1) is 22.6. The van der Waals surface area contributed by atoms with Gasteiger partial charge in [0.1, 0.15) is 0 Å². The third-order valence-electron chi connectivity index (χ3n) is 8.63. The molecule has 0 aromatic carbocycles. The Morgan fingerprint density at radius 1 is 1.03 bits per heavy atom. The highest BCUT2D eigenvalue weighted by Gasteiger charge is 2.50. The van der Waals surface area contributed by atoms with Gasteiger partial charge in [0.05, 0.1) is 6.10 Å². The highest BCUT2D eigenvalue weighted by Crippen LogP contribution is 2.59. The molecule has 0 spiro atoms. The minimum Gasteiger partial charge on any atom is -0.393 e. The maximum Gasteiger partial charge on any atom is 0.0583 e. The molecule has 0 aromatic heterocycles. The van der Waals surface area contributed by atoms with E-state index in [2.05, 4.69) is 65.5 Å². The molecule has 0 heterocycles. The van der Waals surface area contributed by atoms with Crippen molar-refractivity contribution in [3.8, 4) is 0 Å². The van der Waals surface area contributed by atoms with Crippen LogP contribution in [-0.2, 0) is 0 Å². The van der Waals surface area contributed by atoms with Gasteiger partial charge in [-0.1, -0.05) is 76.6 Å². The normalized spacial score (nSPS) is 38.2. The van der Waals surface area contributed by atoms with E-state index >= 15 is 0 Å². The van der Waals surface area contributed by atoms with E-state index in [0.29, 0.717) is 17.3 Å². The second-order valence-corrected chi connectivity index (χ2v) is 10.9. The molecule has 3 rings (SSSR count). The van der Waals surface area contributed by atoms with Crippen molar-refractivity contribution in [2.45, 2.75) is 92.1 Å².